The highest BCUT2D eigenvalue weighted by molar-refractivity contribution is 5.79. The minimum Gasteiger partial charge on any atom is -0.356 e. The third-order valence-corrected chi connectivity index (χ3v) is 5.94. The van der Waals surface area contributed by atoms with E-state index in [1.807, 2.05) is 7.05 Å². The lowest BCUT2D eigenvalue weighted by Crippen LogP contribution is -2.39. The molecule has 6 heteroatoms. The Hall–Kier alpha value is -3.15. The number of hydrogen-bond acceptors (Lipinski definition) is 3. The van der Waals surface area contributed by atoms with Crippen LogP contribution in [0.3, 0.4) is 0 Å². The molecule has 1 aliphatic rings. The van der Waals surface area contributed by atoms with E-state index in [0.717, 1.165) is 43.5 Å². The van der Waals surface area contributed by atoms with Crippen molar-refractivity contribution < 1.29 is 0 Å². The van der Waals surface area contributed by atoms with Crippen LogP contribution >= 0.6 is 0 Å². The third-order valence-electron chi connectivity index (χ3n) is 5.94. The fourth-order valence-corrected chi connectivity index (χ4v) is 4.21. The van der Waals surface area contributed by atoms with Crippen LogP contribution in [0, 0.1) is 0 Å². The Balaban J connectivity index is 1.38. The van der Waals surface area contributed by atoms with E-state index in [4.69, 9.17) is 0 Å². The zero-order chi connectivity index (χ0) is 21.3. The molecule has 2 aromatic carbocycles. The normalized spacial score (nSPS) is 15.1. The molecule has 1 aliphatic heterocycles. The number of benzene rings is 2. The Labute approximate surface area is 184 Å². The van der Waals surface area contributed by atoms with E-state index >= 15 is 0 Å². The number of fused-ring (bicyclic) bond motifs is 1. The molecule has 0 bridgehead atoms. The van der Waals surface area contributed by atoms with Crippen LogP contribution in [0.5, 0.6) is 0 Å². The van der Waals surface area contributed by atoms with Crippen molar-refractivity contribution in [3.63, 3.8) is 0 Å². The fourth-order valence-electron chi connectivity index (χ4n) is 4.21. The Morgan fingerprint density at radius 1 is 0.968 bits per heavy atom. The van der Waals surface area contributed by atoms with Gasteiger partial charge in [0.05, 0.1) is 6.54 Å². The zero-order valence-electron chi connectivity index (χ0n) is 18.3. The monoisotopic (exact) mass is 416 g/mol. The predicted molar refractivity (Wildman–Crippen MR) is 125 cm³/mol. The largest absolute Gasteiger partial charge is 0.356 e. The third kappa shape index (κ3) is 5.72. The summed E-state index contributed by atoms with van der Waals surface area (Å²) >= 11 is 0. The molecule has 3 aromatic rings. The van der Waals surface area contributed by atoms with Crippen LogP contribution in [0.15, 0.2) is 65.7 Å². The molecule has 0 saturated heterocycles. The second-order valence-corrected chi connectivity index (χ2v) is 8.10. The van der Waals surface area contributed by atoms with Gasteiger partial charge in [-0.05, 0) is 30.4 Å². The van der Waals surface area contributed by atoms with Gasteiger partial charge in [0.2, 0.25) is 0 Å². The number of aromatic nitrogens is 3. The molecule has 0 spiro atoms. The van der Waals surface area contributed by atoms with Crippen LogP contribution in [-0.2, 0) is 25.9 Å². The minimum absolute atomic E-state index is 0.353. The van der Waals surface area contributed by atoms with E-state index in [1.165, 1.54) is 30.4 Å². The number of aryl methyl sites for hydroxylation is 1. The molecule has 1 unspecified atom stereocenters. The molecule has 162 valence electrons. The Morgan fingerprint density at radius 3 is 2.52 bits per heavy atom. The fraction of sp³-hybridized carbons (Fsp3) is 0.400. The van der Waals surface area contributed by atoms with Crippen molar-refractivity contribution in [1.82, 2.24) is 25.4 Å². The van der Waals surface area contributed by atoms with Crippen molar-refractivity contribution in [3.8, 4) is 0 Å². The smallest absolute Gasteiger partial charge is 0.191 e. The SMILES string of the molecule is CN=C(NCc1nnc2n1CCCCC2)NCC(Cc1ccccc1)c1ccccc1. The molecule has 6 nitrogen and oxygen atoms in total. The van der Waals surface area contributed by atoms with Gasteiger partial charge in [-0.15, -0.1) is 10.2 Å². The van der Waals surface area contributed by atoms with Crippen molar-refractivity contribution in [2.45, 2.75) is 51.1 Å². The molecular formula is C25H32N6. The highest BCUT2D eigenvalue weighted by Gasteiger charge is 2.16. The number of guanidine groups is 1. The van der Waals surface area contributed by atoms with Crippen molar-refractivity contribution >= 4 is 5.96 Å². The summed E-state index contributed by atoms with van der Waals surface area (Å²) in [6, 6.07) is 21.4. The Morgan fingerprint density at radius 2 is 1.74 bits per heavy atom. The van der Waals surface area contributed by atoms with Crippen LogP contribution < -0.4 is 10.6 Å². The van der Waals surface area contributed by atoms with Crippen molar-refractivity contribution in [2.75, 3.05) is 13.6 Å². The molecule has 0 fully saturated rings. The topological polar surface area (TPSA) is 67.1 Å². The van der Waals surface area contributed by atoms with E-state index < -0.39 is 0 Å². The van der Waals surface area contributed by atoms with Gasteiger partial charge in [-0.1, -0.05) is 67.1 Å². The second-order valence-electron chi connectivity index (χ2n) is 8.10. The predicted octanol–water partition coefficient (Wildman–Crippen LogP) is 3.70. The number of rotatable bonds is 7. The number of nitrogens with zero attached hydrogens (tertiary/aromatic N) is 4. The number of hydrogen-bond donors (Lipinski definition) is 2. The molecule has 31 heavy (non-hydrogen) atoms. The highest BCUT2D eigenvalue weighted by atomic mass is 15.3. The summed E-state index contributed by atoms with van der Waals surface area (Å²) < 4.78 is 2.27. The van der Waals surface area contributed by atoms with Gasteiger partial charge in [-0.2, -0.15) is 0 Å². The maximum atomic E-state index is 4.43. The van der Waals surface area contributed by atoms with Gasteiger partial charge in [0.1, 0.15) is 5.82 Å². The molecule has 2 N–H and O–H groups in total. The molecule has 0 amide bonds. The van der Waals surface area contributed by atoms with Crippen molar-refractivity contribution in [2.24, 2.45) is 4.99 Å². The molecule has 0 radical (unpaired) electrons. The van der Waals surface area contributed by atoms with Gasteiger partial charge in [-0.25, -0.2) is 0 Å². The highest BCUT2D eigenvalue weighted by Crippen LogP contribution is 2.20. The second kappa shape index (κ2) is 10.8. The van der Waals surface area contributed by atoms with Gasteiger partial charge >= 0.3 is 0 Å². The molecular weight excluding hydrogens is 384 g/mol. The summed E-state index contributed by atoms with van der Waals surface area (Å²) in [5.74, 6) is 3.25. The first-order valence-corrected chi connectivity index (χ1v) is 11.3. The van der Waals surface area contributed by atoms with Crippen molar-refractivity contribution in [3.05, 3.63) is 83.4 Å². The maximum Gasteiger partial charge on any atom is 0.191 e. The summed E-state index contributed by atoms with van der Waals surface area (Å²) in [6.07, 6.45) is 5.67. The number of nitrogens with one attached hydrogen (secondary N) is 2. The van der Waals surface area contributed by atoms with Crippen molar-refractivity contribution in [1.29, 1.82) is 0 Å². The maximum absolute atomic E-state index is 4.43. The minimum atomic E-state index is 0.353. The lowest BCUT2D eigenvalue weighted by atomic mass is 9.92. The molecule has 4 rings (SSSR count). The first-order chi connectivity index (χ1) is 15.3. The summed E-state index contributed by atoms with van der Waals surface area (Å²) in [6.45, 7) is 2.44. The zero-order valence-corrected chi connectivity index (χ0v) is 18.3. The van der Waals surface area contributed by atoms with E-state index in [2.05, 4.69) is 91.1 Å². The Kier molecular flexibility index (Phi) is 7.32. The van der Waals surface area contributed by atoms with Gasteiger partial charge in [0, 0.05) is 32.5 Å². The van der Waals surface area contributed by atoms with E-state index in [1.54, 1.807) is 0 Å². The molecule has 0 aliphatic carbocycles. The van der Waals surface area contributed by atoms with E-state index in [9.17, 15) is 0 Å². The van der Waals surface area contributed by atoms with Gasteiger partial charge < -0.3 is 15.2 Å². The van der Waals surface area contributed by atoms with Gasteiger partial charge in [0.25, 0.3) is 0 Å². The van der Waals surface area contributed by atoms with Crippen LogP contribution in [0.1, 0.15) is 48.0 Å². The summed E-state index contributed by atoms with van der Waals surface area (Å²) in [7, 11) is 1.81. The summed E-state index contributed by atoms with van der Waals surface area (Å²) in [5.41, 5.74) is 2.67. The van der Waals surface area contributed by atoms with Crippen LogP contribution in [-0.4, -0.2) is 34.3 Å². The van der Waals surface area contributed by atoms with Crippen LogP contribution in [0.25, 0.3) is 0 Å². The number of aliphatic imine (C=N–C) groups is 1. The van der Waals surface area contributed by atoms with E-state index in [0.29, 0.717) is 12.5 Å². The average Bonchev–Trinajstić information content (AvgIpc) is 3.05. The first kappa shape index (κ1) is 21.1. The molecule has 0 saturated carbocycles. The quantitative estimate of drug-likeness (QED) is 0.455. The van der Waals surface area contributed by atoms with Crippen LogP contribution in [0.2, 0.25) is 0 Å². The van der Waals surface area contributed by atoms with Gasteiger partial charge in [-0.3, -0.25) is 4.99 Å². The van der Waals surface area contributed by atoms with Crippen LogP contribution in [0.4, 0.5) is 0 Å². The lowest BCUT2D eigenvalue weighted by Gasteiger charge is -2.20. The first-order valence-electron chi connectivity index (χ1n) is 11.3. The summed E-state index contributed by atoms with van der Waals surface area (Å²) in [4.78, 5) is 4.43. The standard InChI is InChI=1S/C25H32N6/c1-26-25(28-19-24-30-29-23-15-9-4-10-16-31(23)24)27-18-22(21-13-7-3-8-14-21)17-20-11-5-2-6-12-20/h2-3,5-8,11-14,22H,4,9-10,15-19H2,1H3,(H2,26,27,28). The lowest BCUT2D eigenvalue weighted by molar-refractivity contribution is 0.593. The molecule has 2 heterocycles. The van der Waals surface area contributed by atoms with E-state index in [-0.39, 0.29) is 0 Å². The molecule has 1 aromatic heterocycles. The van der Waals surface area contributed by atoms with Gasteiger partial charge in [0.15, 0.2) is 11.8 Å². The Bertz CT molecular complexity index is 964. The molecule has 1 atom stereocenters. The summed E-state index contributed by atoms with van der Waals surface area (Å²) in [5, 5.41) is 15.8. The average molecular weight is 417 g/mol.